The van der Waals surface area contributed by atoms with Crippen molar-refractivity contribution in [1.82, 2.24) is 9.55 Å². The lowest BCUT2D eigenvalue weighted by atomic mass is 9.94. The molecule has 0 aromatic carbocycles. The summed E-state index contributed by atoms with van der Waals surface area (Å²) in [6, 6.07) is 1.09. The molecule has 0 saturated carbocycles. The summed E-state index contributed by atoms with van der Waals surface area (Å²) in [5.41, 5.74) is -3.70. The maximum Gasteiger partial charge on any atom is 0.330 e. The molecule has 2 heterocycles. The molecule has 9 heteroatoms. The van der Waals surface area contributed by atoms with Gasteiger partial charge in [0.1, 0.15) is 18.9 Å². The molecule has 0 aliphatic carbocycles. The molecule has 0 amide bonds. The predicted octanol–water partition coefficient (Wildman–Crippen LogP) is -2.20. The quantitative estimate of drug-likeness (QED) is 0.459. The van der Waals surface area contributed by atoms with E-state index in [4.69, 9.17) is 4.74 Å². The van der Waals surface area contributed by atoms with E-state index in [1.165, 1.54) is 6.92 Å². The van der Waals surface area contributed by atoms with Crippen molar-refractivity contribution in [2.75, 3.05) is 13.3 Å². The van der Waals surface area contributed by atoms with E-state index in [1.807, 2.05) is 10.9 Å². The maximum absolute atomic E-state index is 12.3. The van der Waals surface area contributed by atoms with E-state index in [2.05, 4.69) is 5.92 Å². The van der Waals surface area contributed by atoms with Crippen molar-refractivity contribution in [3.05, 3.63) is 32.6 Å². The average molecular weight is 314 g/mol. The smallest absolute Gasteiger partial charge is 0.330 e. The summed E-state index contributed by atoms with van der Waals surface area (Å²) in [6.07, 6.45) is -4.40. The Labute approximate surface area is 123 Å². The Morgan fingerprint density at radius 2 is 2.23 bits per heavy atom. The van der Waals surface area contributed by atoms with Crippen LogP contribution in [0.25, 0.3) is 0 Å². The molecule has 1 aromatic heterocycles. The number of H-pyrrole nitrogens is 1. The van der Waals surface area contributed by atoms with Crippen LogP contribution in [0.1, 0.15) is 11.9 Å². The van der Waals surface area contributed by atoms with Gasteiger partial charge in [0, 0.05) is 11.8 Å². The number of nitrogens with zero attached hydrogens (tertiary/aromatic N) is 1. The van der Waals surface area contributed by atoms with Gasteiger partial charge in [-0.25, -0.2) is 9.18 Å². The highest BCUT2D eigenvalue weighted by Crippen LogP contribution is 2.37. The van der Waals surface area contributed by atoms with Crippen molar-refractivity contribution in [2.24, 2.45) is 0 Å². The minimum Gasteiger partial charge on any atom is -0.394 e. The molecule has 22 heavy (non-hydrogen) atoms. The molecule has 1 aliphatic heterocycles. The van der Waals surface area contributed by atoms with E-state index < -0.39 is 48.6 Å². The van der Waals surface area contributed by atoms with Crippen LogP contribution < -0.4 is 11.2 Å². The van der Waals surface area contributed by atoms with Gasteiger partial charge in [0.15, 0.2) is 11.8 Å². The standard InChI is InChI=1S/C13H15FN2O6/c1-7-5-9(18)15-12(20)16(7)11-13(21,3-2-4-14)10(19)8(6-17)22-11/h5,8,10-11,17,19,21H,4,6H2,1H3,(H,15,18,20)/t8-,10+,11-,13?/m1/s1. The van der Waals surface area contributed by atoms with E-state index >= 15 is 0 Å². The van der Waals surface area contributed by atoms with Crippen LogP contribution in [0.15, 0.2) is 15.7 Å². The fourth-order valence-electron chi connectivity index (χ4n) is 2.40. The summed E-state index contributed by atoms with van der Waals surface area (Å²) >= 11 is 0. The minimum atomic E-state index is -2.31. The third-order valence-corrected chi connectivity index (χ3v) is 3.42. The van der Waals surface area contributed by atoms with Crippen molar-refractivity contribution in [1.29, 1.82) is 0 Å². The van der Waals surface area contributed by atoms with E-state index in [9.17, 15) is 29.3 Å². The number of hydrogen-bond acceptors (Lipinski definition) is 6. The van der Waals surface area contributed by atoms with Crippen molar-refractivity contribution in [3.63, 3.8) is 0 Å². The predicted molar refractivity (Wildman–Crippen MR) is 71.8 cm³/mol. The summed E-state index contributed by atoms with van der Waals surface area (Å²) in [5.74, 6) is 4.11. The van der Waals surface area contributed by atoms with Gasteiger partial charge in [0.2, 0.25) is 0 Å². The molecule has 1 aromatic rings. The lowest BCUT2D eigenvalue weighted by molar-refractivity contribution is -0.0775. The van der Waals surface area contributed by atoms with Gasteiger partial charge in [-0.2, -0.15) is 0 Å². The Morgan fingerprint density at radius 1 is 1.55 bits per heavy atom. The molecular weight excluding hydrogens is 299 g/mol. The molecule has 1 aliphatic rings. The van der Waals surface area contributed by atoms with Gasteiger partial charge in [0.25, 0.3) is 5.56 Å². The third-order valence-electron chi connectivity index (χ3n) is 3.42. The molecule has 1 saturated heterocycles. The summed E-state index contributed by atoms with van der Waals surface area (Å²) in [4.78, 5) is 25.2. The van der Waals surface area contributed by atoms with Crippen LogP contribution in [0, 0.1) is 18.8 Å². The molecule has 8 nitrogen and oxygen atoms in total. The van der Waals surface area contributed by atoms with Crippen LogP contribution in [0.2, 0.25) is 0 Å². The zero-order chi connectivity index (χ0) is 16.5. The monoisotopic (exact) mass is 314 g/mol. The Hall–Kier alpha value is -1.99. The zero-order valence-corrected chi connectivity index (χ0v) is 11.6. The largest absolute Gasteiger partial charge is 0.394 e. The Kier molecular flexibility index (Phi) is 4.48. The van der Waals surface area contributed by atoms with Gasteiger partial charge >= 0.3 is 5.69 Å². The third kappa shape index (κ3) is 2.57. The van der Waals surface area contributed by atoms with Crippen LogP contribution in [-0.2, 0) is 4.74 Å². The lowest BCUT2D eigenvalue weighted by Gasteiger charge is -2.27. The first-order valence-corrected chi connectivity index (χ1v) is 6.40. The molecule has 4 atom stereocenters. The number of aryl methyl sites for hydroxylation is 1. The molecule has 0 bridgehead atoms. The Morgan fingerprint density at radius 3 is 2.77 bits per heavy atom. The van der Waals surface area contributed by atoms with E-state index in [0.29, 0.717) is 0 Å². The van der Waals surface area contributed by atoms with Gasteiger partial charge in [-0.05, 0) is 6.92 Å². The second-order valence-electron chi connectivity index (χ2n) is 4.87. The molecule has 120 valence electrons. The number of aliphatic hydroxyl groups is 3. The molecule has 1 fully saturated rings. The van der Waals surface area contributed by atoms with Gasteiger partial charge in [0.05, 0.1) is 6.61 Å². The molecule has 4 N–H and O–H groups in total. The summed E-state index contributed by atoms with van der Waals surface area (Å²) < 4.78 is 18.5. The summed E-state index contributed by atoms with van der Waals surface area (Å²) in [7, 11) is 0. The Balaban J connectivity index is 2.62. The van der Waals surface area contributed by atoms with Gasteiger partial charge < -0.3 is 20.1 Å². The van der Waals surface area contributed by atoms with Crippen LogP contribution in [0.4, 0.5) is 4.39 Å². The van der Waals surface area contributed by atoms with Gasteiger partial charge in [-0.3, -0.25) is 14.3 Å². The first kappa shape index (κ1) is 16.4. The number of alkyl halides is 1. The fourth-order valence-corrected chi connectivity index (χ4v) is 2.40. The highest BCUT2D eigenvalue weighted by molar-refractivity contribution is 5.23. The highest BCUT2D eigenvalue weighted by atomic mass is 19.1. The summed E-state index contributed by atoms with van der Waals surface area (Å²) in [6.45, 7) is -0.304. The van der Waals surface area contributed by atoms with Crippen LogP contribution >= 0.6 is 0 Å². The number of halogens is 1. The van der Waals surface area contributed by atoms with Crippen LogP contribution in [0.3, 0.4) is 0 Å². The number of aliphatic hydroxyl groups excluding tert-OH is 2. The molecular formula is C13H15FN2O6. The number of nitrogens with one attached hydrogen (secondary N) is 1. The molecule has 0 radical (unpaired) electrons. The second kappa shape index (κ2) is 6.02. The first-order chi connectivity index (χ1) is 10.3. The van der Waals surface area contributed by atoms with E-state index in [-0.39, 0.29) is 5.69 Å². The number of ether oxygens (including phenoxy) is 1. The van der Waals surface area contributed by atoms with E-state index in [1.54, 1.807) is 0 Å². The average Bonchev–Trinajstić information content (AvgIpc) is 2.69. The minimum absolute atomic E-state index is 0.144. The van der Waals surface area contributed by atoms with Crippen LogP contribution in [-0.4, -0.2) is 56.0 Å². The first-order valence-electron chi connectivity index (χ1n) is 6.40. The maximum atomic E-state index is 12.3. The SMILES string of the molecule is Cc1cc(=O)[nH]c(=O)n1[C@@H]1O[C@H](CO)[C@H](O)C1(O)C#CCF. The molecule has 0 spiro atoms. The zero-order valence-electron chi connectivity index (χ0n) is 11.6. The van der Waals surface area contributed by atoms with Crippen LogP contribution in [0.5, 0.6) is 0 Å². The molecule has 1 unspecified atom stereocenters. The van der Waals surface area contributed by atoms with Crippen molar-refractivity contribution >= 4 is 0 Å². The number of rotatable bonds is 2. The topological polar surface area (TPSA) is 125 Å². The number of aromatic nitrogens is 2. The molecule has 2 rings (SSSR count). The highest BCUT2D eigenvalue weighted by Gasteiger charge is 2.56. The van der Waals surface area contributed by atoms with Gasteiger partial charge in [-0.15, -0.1) is 0 Å². The van der Waals surface area contributed by atoms with Crippen molar-refractivity contribution in [2.45, 2.75) is 31.0 Å². The Bertz CT molecular complexity index is 733. The number of hydrogen-bond donors (Lipinski definition) is 4. The van der Waals surface area contributed by atoms with Crippen molar-refractivity contribution < 1.29 is 24.4 Å². The van der Waals surface area contributed by atoms with Crippen molar-refractivity contribution in [3.8, 4) is 11.8 Å². The lowest BCUT2D eigenvalue weighted by Crippen LogP contribution is -2.49. The van der Waals surface area contributed by atoms with Gasteiger partial charge in [-0.1, -0.05) is 11.8 Å². The normalized spacial score (nSPS) is 30.9. The fraction of sp³-hybridized carbons (Fsp3) is 0.538. The summed E-state index contributed by atoms with van der Waals surface area (Å²) in [5, 5.41) is 29.8. The van der Waals surface area contributed by atoms with E-state index in [0.717, 1.165) is 10.6 Å². The number of aromatic amines is 1. The second-order valence-corrected chi connectivity index (χ2v) is 4.87.